The van der Waals surface area contributed by atoms with E-state index in [1.807, 2.05) is 0 Å². The molecule has 0 bridgehead atoms. The molecule has 0 heteroatoms. The highest BCUT2D eigenvalue weighted by molar-refractivity contribution is 5.71. The van der Waals surface area contributed by atoms with Crippen molar-refractivity contribution >= 4 is 5.57 Å². The van der Waals surface area contributed by atoms with Crippen LogP contribution in [0.1, 0.15) is 31.9 Å². The van der Waals surface area contributed by atoms with Crippen LogP contribution in [0.15, 0.2) is 42.0 Å². The Morgan fingerprint density at radius 1 is 1.07 bits per heavy atom. The van der Waals surface area contributed by atoms with E-state index in [0.717, 1.165) is 5.57 Å². The van der Waals surface area contributed by atoms with Gasteiger partial charge in [-0.15, -0.1) is 0 Å². The van der Waals surface area contributed by atoms with E-state index in [2.05, 4.69) is 58.5 Å². The van der Waals surface area contributed by atoms with Gasteiger partial charge in [0.2, 0.25) is 0 Å². The molecule has 74 valence electrons. The Hall–Kier alpha value is -1.30. The van der Waals surface area contributed by atoms with Crippen molar-refractivity contribution < 1.29 is 0 Å². The van der Waals surface area contributed by atoms with Gasteiger partial charge in [-0.2, -0.15) is 0 Å². The Morgan fingerprint density at radius 2 is 1.64 bits per heavy atom. The lowest BCUT2D eigenvalue weighted by Crippen LogP contribution is -1.89. The van der Waals surface area contributed by atoms with E-state index in [-0.39, 0.29) is 0 Å². The summed E-state index contributed by atoms with van der Waals surface area (Å²) in [5, 5.41) is 0. The predicted octanol–water partition coefficient (Wildman–Crippen LogP) is 4.36. The molecule has 0 fully saturated rings. The van der Waals surface area contributed by atoms with Crippen LogP contribution in [0.2, 0.25) is 0 Å². The highest BCUT2D eigenvalue weighted by atomic mass is 14.1. The maximum absolute atomic E-state index is 3.97. The normalized spacial score (nSPS) is 12.3. The van der Waals surface area contributed by atoms with Gasteiger partial charge in [0.1, 0.15) is 0 Å². The number of hydrogen-bond donors (Lipinski definition) is 0. The summed E-state index contributed by atoms with van der Waals surface area (Å²) >= 11 is 0. The van der Waals surface area contributed by atoms with Crippen LogP contribution in [0.5, 0.6) is 0 Å². The Morgan fingerprint density at radius 3 is 2.14 bits per heavy atom. The zero-order valence-electron chi connectivity index (χ0n) is 9.52. The smallest absolute Gasteiger partial charge is 0.0195 e. The van der Waals surface area contributed by atoms with E-state index in [0.29, 0.717) is 0 Å². The summed E-state index contributed by atoms with van der Waals surface area (Å²) in [5.74, 6) is 0. The lowest BCUT2D eigenvalue weighted by Gasteiger charge is -2.10. The standard InChI is InChI=1S/C14H18/c1-10(2)12(4)13(5)14-9-7-6-8-11(14)3/h6-9H,1H2,2-5H3/b13-12-. The summed E-state index contributed by atoms with van der Waals surface area (Å²) in [7, 11) is 0. The highest BCUT2D eigenvalue weighted by Crippen LogP contribution is 2.24. The molecule has 0 saturated carbocycles. The van der Waals surface area contributed by atoms with Gasteiger partial charge < -0.3 is 0 Å². The number of aryl methyl sites for hydroxylation is 1. The molecule has 14 heavy (non-hydrogen) atoms. The number of benzene rings is 1. The minimum absolute atomic E-state index is 1.14. The molecule has 0 spiro atoms. The average molecular weight is 186 g/mol. The number of allylic oxidation sites excluding steroid dienone is 3. The van der Waals surface area contributed by atoms with Crippen LogP contribution in [0.25, 0.3) is 5.57 Å². The van der Waals surface area contributed by atoms with Crippen molar-refractivity contribution in [2.24, 2.45) is 0 Å². The molecule has 0 nitrogen and oxygen atoms in total. The fourth-order valence-electron chi connectivity index (χ4n) is 1.52. The summed E-state index contributed by atoms with van der Waals surface area (Å²) in [6, 6.07) is 8.46. The third-order valence-electron chi connectivity index (χ3n) is 2.75. The van der Waals surface area contributed by atoms with Gasteiger partial charge in [-0.3, -0.25) is 0 Å². The average Bonchev–Trinajstić information content (AvgIpc) is 2.16. The van der Waals surface area contributed by atoms with Crippen LogP contribution in [0, 0.1) is 6.92 Å². The van der Waals surface area contributed by atoms with Gasteiger partial charge >= 0.3 is 0 Å². The molecule has 0 aromatic heterocycles. The first-order valence-corrected chi connectivity index (χ1v) is 4.93. The van der Waals surface area contributed by atoms with Gasteiger partial charge in [0, 0.05) is 0 Å². The van der Waals surface area contributed by atoms with Gasteiger partial charge in [0.15, 0.2) is 0 Å². The first kappa shape index (κ1) is 10.8. The minimum Gasteiger partial charge on any atom is -0.0958 e. The maximum atomic E-state index is 3.97. The summed E-state index contributed by atoms with van der Waals surface area (Å²) in [6.45, 7) is 12.5. The molecular formula is C14H18. The predicted molar refractivity (Wildman–Crippen MR) is 64.3 cm³/mol. The first-order chi connectivity index (χ1) is 6.54. The lowest BCUT2D eigenvalue weighted by molar-refractivity contribution is 1.32. The third kappa shape index (κ3) is 2.14. The molecule has 0 saturated heterocycles. The molecule has 0 heterocycles. The number of rotatable bonds is 2. The second kappa shape index (κ2) is 4.28. The van der Waals surface area contributed by atoms with Crippen molar-refractivity contribution in [2.75, 3.05) is 0 Å². The van der Waals surface area contributed by atoms with Crippen molar-refractivity contribution in [3.8, 4) is 0 Å². The topological polar surface area (TPSA) is 0 Å². The Bertz CT molecular complexity index is 381. The molecule has 1 aromatic rings. The molecule has 0 atom stereocenters. The fraction of sp³-hybridized carbons (Fsp3) is 0.286. The summed E-state index contributed by atoms with van der Waals surface area (Å²) in [6.07, 6.45) is 0. The molecule has 0 unspecified atom stereocenters. The monoisotopic (exact) mass is 186 g/mol. The quantitative estimate of drug-likeness (QED) is 0.602. The molecule has 0 aliphatic rings. The lowest BCUT2D eigenvalue weighted by atomic mass is 9.95. The Labute approximate surface area is 87.0 Å². The van der Waals surface area contributed by atoms with E-state index < -0.39 is 0 Å². The molecule has 1 rings (SSSR count). The van der Waals surface area contributed by atoms with E-state index in [9.17, 15) is 0 Å². The van der Waals surface area contributed by atoms with Crippen LogP contribution in [-0.4, -0.2) is 0 Å². The summed E-state index contributed by atoms with van der Waals surface area (Å²) in [5.41, 5.74) is 6.42. The second-order valence-electron chi connectivity index (χ2n) is 3.85. The van der Waals surface area contributed by atoms with E-state index in [1.54, 1.807) is 0 Å². The first-order valence-electron chi connectivity index (χ1n) is 4.93. The van der Waals surface area contributed by atoms with Crippen molar-refractivity contribution in [1.82, 2.24) is 0 Å². The zero-order chi connectivity index (χ0) is 10.7. The molecule has 0 aliphatic heterocycles. The van der Waals surface area contributed by atoms with Gasteiger partial charge in [-0.25, -0.2) is 0 Å². The van der Waals surface area contributed by atoms with Crippen LogP contribution in [-0.2, 0) is 0 Å². The Kier molecular flexibility index (Phi) is 3.29. The third-order valence-corrected chi connectivity index (χ3v) is 2.75. The molecule has 0 aliphatic carbocycles. The Balaban J connectivity index is 3.25. The maximum Gasteiger partial charge on any atom is -0.0195 e. The van der Waals surface area contributed by atoms with Gasteiger partial charge in [0.25, 0.3) is 0 Å². The molecule has 1 aromatic carbocycles. The minimum atomic E-state index is 1.14. The van der Waals surface area contributed by atoms with E-state index >= 15 is 0 Å². The highest BCUT2D eigenvalue weighted by Gasteiger charge is 2.03. The summed E-state index contributed by atoms with van der Waals surface area (Å²) < 4.78 is 0. The fourth-order valence-corrected chi connectivity index (χ4v) is 1.52. The number of hydrogen-bond acceptors (Lipinski definition) is 0. The molecular weight excluding hydrogens is 168 g/mol. The van der Waals surface area contributed by atoms with Gasteiger partial charge in [-0.1, -0.05) is 36.4 Å². The SMILES string of the molecule is C=C(C)/C(C)=C(/C)c1ccccc1C. The van der Waals surface area contributed by atoms with Gasteiger partial charge in [-0.05, 0) is 50.0 Å². The van der Waals surface area contributed by atoms with Crippen LogP contribution in [0.3, 0.4) is 0 Å². The van der Waals surface area contributed by atoms with E-state index in [1.165, 1.54) is 22.3 Å². The molecule has 0 radical (unpaired) electrons. The van der Waals surface area contributed by atoms with E-state index in [4.69, 9.17) is 0 Å². The van der Waals surface area contributed by atoms with Gasteiger partial charge in [0.05, 0.1) is 0 Å². The molecule has 0 amide bonds. The van der Waals surface area contributed by atoms with Crippen LogP contribution in [0.4, 0.5) is 0 Å². The van der Waals surface area contributed by atoms with Crippen molar-refractivity contribution in [3.05, 3.63) is 53.1 Å². The van der Waals surface area contributed by atoms with Crippen LogP contribution >= 0.6 is 0 Å². The van der Waals surface area contributed by atoms with Crippen molar-refractivity contribution in [1.29, 1.82) is 0 Å². The van der Waals surface area contributed by atoms with Crippen molar-refractivity contribution in [3.63, 3.8) is 0 Å². The van der Waals surface area contributed by atoms with Crippen LogP contribution < -0.4 is 0 Å². The summed E-state index contributed by atoms with van der Waals surface area (Å²) in [4.78, 5) is 0. The largest absolute Gasteiger partial charge is 0.0958 e. The second-order valence-corrected chi connectivity index (χ2v) is 3.85. The molecule has 0 N–H and O–H groups in total. The zero-order valence-corrected chi connectivity index (χ0v) is 9.52. The van der Waals surface area contributed by atoms with Crippen molar-refractivity contribution in [2.45, 2.75) is 27.7 Å².